The minimum absolute atomic E-state index is 0.149. The summed E-state index contributed by atoms with van der Waals surface area (Å²) in [5, 5.41) is 3.43. The molecular formula is C16H16FN. The maximum Gasteiger partial charge on any atom is 0.123 e. The Morgan fingerprint density at radius 2 is 2.00 bits per heavy atom. The number of hydrogen-bond donors (Lipinski definition) is 1. The second-order valence-corrected chi connectivity index (χ2v) is 4.86. The van der Waals surface area contributed by atoms with Gasteiger partial charge in [0.2, 0.25) is 0 Å². The smallest absolute Gasteiger partial charge is 0.123 e. The molecule has 0 aliphatic carbocycles. The SMILES string of the molecule is Fc1cccc(CC2CNCc3ccccc32)c1. The van der Waals surface area contributed by atoms with Crippen LogP contribution >= 0.6 is 0 Å². The fourth-order valence-corrected chi connectivity index (χ4v) is 2.72. The van der Waals surface area contributed by atoms with E-state index in [0.29, 0.717) is 5.92 Å². The summed E-state index contributed by atoms with van der Waals surface area (Å²) in [5.74, 6) is 0.293. The molecule has 1 atom stereocenters. The van der Waals surface area contributed by atoms with Gasteiger partial charge in [0.15, 0.2) is 0 Å². The van der Waals surface area contributed by atoms with Gasteiger partial charge in [-0.2, -0.15) is 0 Å². The molecule has 0 spiro atoms. The van der Waals surface area contributed by atoms with Crippen LogP contribution in [0.4, 0.5) is 4.39 Å². The Morgan fingerprint density at radius 3 is 2.89 bits per heavy atom. The molecule has 2 aromatic carbocycles. The predicted molar refractivity (Wildman–Crippen MR) is 71.0 cm³/mol. The van der Waals surface area contributed by atoms with E-state index in [1.807, 2.05) is 6.07 Å². The average Bonchev–Trinajstić information content (AvgIpc) is 2.39. The van der Waals surface area contributed by atoms with E-state index >= 15 is 0 Å². The second kappa shape index (κ2) is 4.91. The first-order chi connectivity index (χ1) is 8.83. The van der Waals surface area contributed by atoms with E-state index in [9.17, 15) is 4.39 Å². The maximum atomic E-state index is 13.2. The molecule has 2 aromatic rings. The molecule has 0 aromatic heterocycles. The summed E-state index contributed by atoms with van der Waals surface area (Å²) in [6.45, 7) is 1.91. The molecule has 2 heteroatoms. The van der Waals surface area contributed by atoms with Crippen LogP contribution in [-0.4, -0.2) is 6.54 Å². The standard InChI is InChI=1S/C16H16FN/c17-15-6-3-4-12(9-15)8-14-11-18-10-13-5-1-2-7-16(13)14/h1-7,9,14,18H,8,10-11H2. The molecule has 0 saturated heterocycles. The Labute approximate surface area is 107 Å². The summed E-state index contributed by atoms with van der Waals surface area (Å²) in [6.07, 6.45) is 0.891. The van der Waals surface area contributed by atoms with Crippen molar-refractivity contribution in [2.45, 2.75) is 18.9 Å². The minimum Gasteiger partial charge on any atom is -0.312 e. The van der Waals surface area contributed by atoms with Gasteiger partial charge in [0, 0.05) is 19.0 Å². The molecule has 0 saturated carbocycles. The van der Waals surface area contributed by atoms with Crippen molar-refractivity contribution in [2.75, 3.05) is 6.54 Å². The molecule has 1 aliphatic rings. The van der Waals surface area contributed by atoms with Gasteiger partial charge in [-0.25, -0.2) is 4.39 Å². The third-order valence-corrected chi connectivity index (χ3v) is 3.57. The normalized spacial score (nSPS) is 18.4. The van der Waals surface area contributed by atoms with Gasteiger partial charge in [0.25, 0.3) is 0 Å². The maximum absolute atomic E-state index is 13.2. The third-order valence-electron chi connectivity index (χ3n) is 3.57. The number of rotatable bonds is 2. The van der Waals surface area contributed by atoms with Crippen molar-refractivity contribution >= 4 is 0 Å². The van der Waals surface area contributed by atoms with Crippen LogP contribution in [0.1, 0.15) is 22.6 Å². The van der Waals surface area contributed by atoms with Crippen LogP contribution in [0.3, 0.4) is 0 Å². The first-order valence-electron chi connectivity index (χ1n) is 6.36. The van der Waals surface area contributed by atoms with Gasteiger partial charge >= 0.3 is 0 Å². The van der Waals surface area contributed by atoms with Crippen LogP contribution in [0, 0.1) is 5.82 Å². The quantitative estimate of drug-likeness (QED) is 0.851. The van der Waals surface area contributed by atoms with Crippen LogP contribution in [0.25, 0.3) is 0 Å². The highest BCUT2D eigenvalue weighted by molar-refractivity contribution is 5.34. The Morgan fingerprint density at radius 1 is 1.11 bits per heavy atom. The average molecular weight is 241 g/mol. The number of hydrogen-bond acceptors (Lipinski definition) is 1. The fraction of sp³-hybridized carbons (Fsp3) is 0.250. The first-order valence-corrected chi connectivity index (χ1v) is 6.36. The van der Waals surface area contributed by atoms with Crippen molar-refractivity contribution in [1.29, 1.82) is 0 Å². The van der Waals surface area contributed by atoms with E-state index in [1.165, 1.54) is 17.2 Å². The van der Waals surface area contributed by atoms with Crippen LogP contribution in [0.5, 0.6) is 0 Å². The van der Waals surface area contributed by atoms with E-state index in [-0.39, 0.29) is 5.82 Å². The van der Waals surface area contributed by atoms with Gasteiger partial charge in [-0.1, -0.05) is 36.4 Å². The van der Waals surface area contributed by atoms with Gasteiger partial charge < -0.3 is 5.32 Å². The van der Waals surface area contributed by atoms with E-state index in [2.05, 4.69) is 29.6 Å². The van der Waals surface area contributed by atoms with E-state index in [0.717, 1.165) is 25.1 Å². The zero-order chi connectivity index (χ0) is 12.4. The summed E-state index contributed by atoms with van der Waals surface area (Å²) in [6, 6.07) is 15.4. The summed E-state index contributed by atoms with van der Waals surface area (Å²) in [4.78, 5) is 0. The monoisotopic (exact) mass is 241 g/mol. The molecular weight excluding hydrogens is 225 g/mol. The lowest BCUT2D eigenvalue weighted by atomic mass is 9.86. The predicted octanol–water partition coefficient (Wildman–Crippen LogP) is 3.26. The van der Waals surface area contributed by atoms with Gasteiger partial charge in [0.05, 0.1) is 0 Å². The van der Waals surface area contributed by atoms with Crippen LogP contribution in [0.15, 0.2) is 48.5 Å². The zero-order valence-electron chi connectivity index (χ0n) is 10.2. The molecule has 92 valence electrons. The summed E-state index contributed by atoms with van der Waals surface area (Å²) in [7, 11) is 0. The molecule has 1 heterocycles. The van der Waals surface area contributed by atoms with E-state index < -0.39 is 0 Å². The molecule has 0 fully saturated rings. The lowest BCUT2D eigenvalue weighted by molar-refractivity contribution is 0.537. The molecule has 18 heavy (non-hydrogen) atoms. The van der Waals surface area contributed by atoms with Crippen LogP contribution < -0.4 is 5.32 Å². The molecule has 1 unspecified atom stereocenters. The number of nitrogens with one attached hydrogen (secondary N) is 1. The molecule has 1 nitrogen and oxygen atoms in total. The highest BCUT2D eigenvalue weighted by atomic mass is 19.1. The second-order valence-electron chi connectivity index (χ2n) is 4.86. The Bertz CT molecular complexity index is 550. The van der Waals surface area contributed by atoms with Gasteiger partial charge in [-0.05, 0) is 35.2 Å². The molecule has 0 bridgehead atoms. The van der Waals surface area contributed by atoms with E-state index in [4.69, 9.17) is 0 Å². The Balaban J connectivity index is 1.86. The topological polar surface area (TPSA) is 12.0 Å². The number of benzene rings is 2. The molecule has 1 aliphatic heterocycles. The minimum atomic E-state index is -0.149. The molecule has 1 N–H and O–H groups in total. The first kappa shape index (κ1) is 11.4. The van der Waals surface area contributed by atoms with Crippen LogP contribution in [-0.2, 0) is 13.0 Å². The summed E-state index contributed by atoms with van der Waals surface area (Å²) < 4.78 is 13.2. The zero-order valence-corrected chi connectivity index (χ0v) is 10.2. The number of halogens is 1. The molecule has 3 rings (SSSR count). The van der Waals surface area contributed by atoms with Crippen molar-refractivity contribution in [1.82, 2.24) is 5.32 Å². The third kappa shape index (κ3) is 2.29. The Kier molecular flexibility index (Phi) is 3.11. The number of fused-ring (bicyclic) bond motifs is 1. The lowest BCUT2D eigenvalue weighted by Gasteiger charge is -2.26. The van der Waals surface area contributed by atoms with Crippen molar-refractivity contribution < 1.29 is 4.39 Å². The highest BCUT2D eigenvalue weighted by Crippen LogP contribution is 2.27. The largest absolute Gasteiger partial charge is 0.312 e. The fourth-order valence-electron chi connectivity index (χ4n) is 2.72. The van der Waals surface area contributed by atoms with Crippen molar-refractivity contribution in [2.24, 2.45) is 0 Å². The van der Waals surface area contributed by atoms with Crippen molar-refractivity contribution in [3.63, 3.8) is 0 Å². The van der Waals surface area contributed by atoms with Crippen molar-refractivity contribution in [3.05, 3.63) is 71.0 Å². The lowest BCUT2D eigenvalue weighted by Crippen LogP contribution is -2.29. The molecule has 0 amide bonds. The van der Waals surface area contributed by atoms with Crippen LogP contribution in [0.2, 0.25) is 0 Å². The molecule has 0 radical (unpaired) electrons. The summed E-state index contributed by atoms with van der Waals surface area (Å²) >= 11 is 0. The van der Waals surface area contributed by atoms with Gasteiger partial charge in [-0.15, -0.1) is 0 Å². The Hall–Kier alpha value is -1.67. The van der Waals surface area contributed by atoms with Crippen molar-refractivity contribution in [3.8, 4) is 0 Å². The van der Waals surface area contributed by atoms with E-state index in [1.54, 1.807) is 12.1 Å². The van der Waals surface area contributed by atoms with Gasteiger partial charge in [-0.3, -0.25) is 0 Å². The summed E-state index contributed by atoms with van der Waals surface area (Å²) in [5.41, 5.74) is 3.84. The highest BCUT2D eigenvalue weighted by Gasteiger charge is 2.19. The van der Waals surface area contributed by atoms with Gasteiger partial charge in [0.1, 0.15) is 5.82 Å².